The van der Waals surface area contributed by atoms with Gasteiger partial charge in [0.2, 0.25) is 0 Å². The Morgan fingerprint density at radius 3 is 2.90 bits per heavy atom. The summed E-state index contributed by atoms with van der Waals surface area (Å²) in [7, 11) is 0. The number of aromatic nitrogens is 2. The van der Waals surface area contributed by atoms with Crippen LogP contribution in [0.3, 0.4) is 0 Å². The number of anilines is 1. The molecule has 0 atom stereocenters. The van der Waals surface area contributed by atoms with Gasteiger partial charge < -0.3 is 15.8 Å². The van der Waals surface area contributed by atoms with Gasteiger partial charge in [-0.1, -0.05) is 23.6 Å². The Kier molecular flexibility index (Phi) is 4.98. The smallest absolute Gasteiger partial charge is 0.253 e. The number of halogens is 1. The molecule has 0 unspecified atom stereocenters. The molecule has 108 valence electrons. The third-order valence-corrected chi connectivity index (χ3v) is 3.33. The minimum Gasteiger partial charge on any atom is -0.384 e. The highest BCUT2D eigenvalue weighted by atomic mass is 32.2. The molecule has 0 aliphatic heterocycles. The summed E-state index contributed by atoms with van der Waals surface area (Å²) in [6.45, 7) is -0.283. The SMILES string of the molecule is Nc1cc(=O)[nH]c(SCc2cc(F)cc(C#CCO)c2)n1. The maximum Gasteiger partial charge on any atom is 0.253 e. The number of thioether (sulfide) groups is 1. The number of nitrogens with one attached hydrogen (secondary N) is 1. The predicted molar refractivity (Wildman–Crippen MR) is 79.2 cm³/mol. The van der Waals surface area contributed by atoms with Crippen LogP contribution in [0.25, 0.3) is 0 Å². The Hall–Kier alpha value is -2.30. The lowest BCUT2D eigenvalue weighted by atomic mass is 10.1. The summed E-state index contributed by atoms with van der Waals surface area (Å²) in [6.07, 6.45) is 0. The first-order valence-electron chi connectivity index (χ1n) is 5.95. The molecule has 0 radical (unpaired) electrons. The van der Waals surface area contributed by atoms with Crippen LogP contribution in [0, 0.1) is 17.7 Å². The normalized spacial score (nSPS) is 10.0. The van der Waals surface area contributed by atoms with Gasteiger partial charge in [0.15, 0.2) is 5.16 Å². The molecule has 0 amide bonds. The number of aliphatic hydroxyl groups excluding tert-OH is 1. The van der Waals surface area contributed by atoms with Gasteiger partial charge in [-0.2, -0.15) is 0 Å². The topological polar surface area (TPSA) is 92.0 Å². The van der Waals surface area contributed by atoms with Crippen LogP contribution < -0.4 is 11.3 Å². The molecular weight excluding hydrogens is 293 g/mol. The molecule has 1 aromatic carbocycles. The third-order valence-electron chi connectivity index (χ3n) is 2.38. The lowest BCUT2D eigenvalue weighted by molar-refractivity contribution is 0.350. The van der Waals surface area contributed by atoms with Crippen molar-refractivity contribution in [3.8, 4) is 11.8 Å². The number of hydrogen-bond donors (Lipinski definition) is 3. The second-order valence-electron chi connectivity index (χ2n) is 4.07. The Bertz CT molecular complexity index is 765. The number of rotatable bonds is 3. The van der Waals surface area contributed by atoms with Crippen molar-refractivity contribution in [1.82, 2.24) is 9.97 Å². The number of nitrogen functional groups attached to an aromatic ring is 1. The molecule has 0 saturated heterocycles. The lowest BCUT2D eigenvalue weighted by Gasteiger charge is -2.03. The first-order chi connectivity index (χ1) is 10.1. The Balaban J connectivity index is 2.16. The standard InChI is InChI=1S/C14H12FN3O2S/c15-11-5-9(2-1-3-19)4-10(6-11)8-21-14-17-12(16)7-13(20)18-14/h4-7,19H,3,8H2,(H3,16,17,18,20). The predicted octanol–water partition coefficient (Wildman–Crippen LogP) is 1.13. The van der Waals surface area contributed by atoms with E-state index in [1.165, 1.54) is 30.0 Å². The number of aromatic amines is 1. The number of benzene rings is 1. The van der Waals surface area contributed by atoms with Crippen LogP contribution in [0.15, 0.2) is 34.2 Å². The van der Waals surface area contributed by atoms with Gasteiger partial charge in [-0.3, -0.25) is 4.79 Å². The summed E-state index contributed by atoms with van der Waals surface area (Å²) in [4.78, 5) is 17.8. The number of aliphatic hydroxyl groups is 1. The summed E-state index contributed by atoms with van der Waals surface area (Å²) in [5.74, 6) is 5.24. The van der Waals surface area contributed by atoms with Crippen LogP contribution in [-0.4, -0.2) is 21.7 Å². The summed E-state index contributed by atoms with van der Waals surface area (Å²) < 4.78 is 13.5. The van der Waals surface area contributed by atoms with E-state index < -0.39 is 5.82 Å². The fourth-order valence-corrected chi connectivity index (χ4v) is 2.43. The fourth-order valence-electron chi connectivity index (χ4n) is 1.62. The van der Waals surface area contributed by atoms with Crippen LogP contribution in [0.1, 0.15) is 11.1 Å². The highest BCUT2D eigenvalue weighted by Crippen LogP contribution is 2.20. The van der Waals surface area contributed by atoms with Crippen molar-refractivity contribution >= 4 is 17.6 Å². The number of nitrogens with zero attached hydrogens (tertiary/aromatic N) is 1. The monoisotopic (exact) mass is 305 g/mol. The van der Waals surface area contributed by atoms with E-state index in [4.69, 9.17) is 10.8 Å². The van der Waals surface area contributed by atoms with Gasteiger partial charge in [-0.05, 0) is 23.8 Å². The molecule has 7 heteroatoms. The van der Waals surface area contributed by atoms with Gasteiger partial charge in [0.1, 0.15) is 18.2 Å². The molecule has 2 rings (SSSR count). The second-order valence-corrected chi connectivity index (χ2v) is 5.04. The molecule has 0 bridgehead atoms. The second kappa shape index (κ2) is 6.92. The molecule has 0 aliphatic carbocycles. The van der Waals surface area contributed by atoms with Crippen molar-refractivity contribution in [3.63, 3.8) is 0 Å². The van der Waals surface area contributed by atoms with Gasteiger partial charge in [-0.15, -0.1) is 0 Å². The Morgan fingerprint density at radius 1 is 1.38 bits per heavy atom. The molecule has 21 heavy (non-hydrogen) atoms. The highest BCUT2D eigenvalue weighted by Gasteiger charge is 2.03. The molecule has 0 aliphatic rings. The van der Waals surface area contributed by atoms with Gasteiger partial charge in [0.25, 0.3) is 5.56 Å². The zero-order valence-corrected chi connectivity index (χ0v) is 11.7. The van der Waals surface area contributed by atoms with Gasteiger partial charge in [0, 0.05) is 17.4 Å². The van der Waals surface area contributed by atoms with Crippen LogP contribution in [0.5, 0.6) is 0 Å². The van der Waals surface area contributed by atoms with Crippen molar-refractivity contribution < 1.29 is 9.50 Å². The van der Waals surface area contributed by atoms with Crippen molar-refractivity contribution in [2.45, 2.75) is 10.9 Å². The lowest BCUT2D eigenvalue weighted by Crippen LogP contribution is -2.09. The first-order valence-corrected chi connectivity index (χ1v) is 6.94. The molecule has 5 nitrogen and oxygen atoms in total. The minimum atomic E-state index is -0.413. The summed E-state index contributed by atoms with van der Waals surface area (Å²) in [6, 6.07) is 5.57. The number of H-pyrrole nitrogens is 1. The molecule has 1 heterocycles. The zero-order valence-electron chi connectivity index (χ0n) is 10.9. The van der Waals surface area contributed by atoms with Crippen molar-refractivity contribution in [2.75, 3.05) is 12.3 Å². The summed E-state index contributed by atoms with van der Waals surface area (Å²) >= 11 is 1.23. The largest absolute Gasteiger partial charge is 0.384 e. The number of hydrogen-bond acceptors (Lipinski definition) is 5. The van der Waals surface area contributed by atoms with E-state index in [1.54, 1.807) is 6.07 Å². The van der Waals surface area contributed by atoms with Crippen LogP contribution >= 0.6 is 11.8 Å². The third kappa shape index (κ3) is 4.63. The van der Waals surface area contributed by atoms with Crippen LogP contribution in [0.4, 0.5) is 10.2 Å². The van der Waals surface area contributed by atoms with Crippen LogP contribution in [0.2, 0.25) is 0 Å². The van der Waals surface area contributed by atoms with E-state index in [0.29, 0.717) is 22.0 Å². The van der Waals surface area contributed by atoms with Crippen molar-refractivity contribution in [2.24, 2.45) is 0 Å². The summed E-state index contributed by atoms with van der Waals surface area (Å²) in [5.41, 5.74) is 6.32. The number of nitrogens with two attached hydrogens (primary N) is 1. The van der Waals surface area contributed by atoms with E-state index in [2.05, 4.69) is 21.8 Å². The molecule has 0 spiro atoms. The van der Waals surface area contributed by atoms with Gasteiger partial charge in [0.05, 0.1) is 0 Å². The average molecular weight is 305 g/mol. The Labute approximate surface area is 124 Å². The maximum absolute atomic E-state index is 13.5. The van der Waals surface area contributed by atoms with Crippen LogP contribution in [-0.2, 0) is 5.75 Å². The van der Waals surface area contributed by atoms with Gasteiger partial charge in [-0.25, -0.2) is 9.37 Å². The fraction of sp³-hybridized carbons (Fsp3) is 0.143. The average Bonchev–Trinajstić information content (AvgIpc) is 2.41. The molecule has 0 fully saturated rings. The summed E-state index contributed by atoms with van der Waals surface area (Å²) in [5, 5.41) is 9.01. The first kappa shape index (κ1) is 15.1. The Morgan fingerprint density at radius 2 is 2.19 bits per heavy atom. The van der Waals surface area contributed by atoms with Gasteiger partial charge >= 0.3 is 0 Å². The molecular formula is C14H12FN3O2S. The van der Waals surface area contributed by atoms with Crippen molar-refractivity contribution in [3.05, 3.63) is 51.6 Å². The zero-order chi connectivity index (χ0) is 15.2. The highest BCUT2D eigenvalue weighted by molar-refractivity contribution is 7.98. The molecule has 2 aromatic rings. The quantitative estimate of drug-likeness (QED) is 0.449. The molecule has 4 N–H and O–H groups in total. The molecule has 1 aromatic heterocycles. The molecule has 0 saturated carbocycles. The van der Waals surface area contributed by atoms with E-state index in [0.717, 1.165) is 0 Å². The van der Waals surface area contributed by atoms with E-state index in [-0.39, 0.29) is 18.0 Å². The van der Waals surface area contributed by atoms with E-state index >= 15 is 0 Å². The van der Waals surface area contributed by atoms with E-state index in [1.807, 2.05) is 0 Å². The van der Waals surface area contributed by atoms with Crippen molar-refractivity contribution in [1.29, 1.82) is 0 Å². The van der Waals surface area contributed by atoms with E-state index in [9.17, 15) is 9.18 Å². The minimum absolute atomic E-state index is 0.134. The maximum atomic E-state index is 13.5.